The number of nitrogen functional groups attached to an aromatic ring is 1. The van der Waals surface area contributed by atoms with Crippen molar-refractivity contribution in [1.82, 2.24) is 4.72 Å². The molecule has 0 aliphatic rings. The van der Waals surface area contributed by atoms with E-state index < -0.39 is 28.8 Å². The number of rotatable bonds is 5. The Balaban J connectivity index is 2.87. The highest BCUT2D eigenvalue weighted by atomic mass is 32.2. The van der Waals surface area contributed by atoms with Crippen molar-refractivity contribution in [2.45, 2.75) is 17.2 Å². The number of hydrogen-bond donors (Lipinski definition) is 3. The Kier molecular flexibility index (Phi) is 4.84. The van der Waals surface area contributed by atoms with E-state index in [9.17, 15) is 21.6 Å². The smallest absolute Gasteiger partial charge is 0.415 e. The lowest BCUT2D eigenvalue weighted by Crippen LogP contribution is -2.40. The van der Waals surface area contributed by atoms with Crippen LogP contribution in [0, 0.1) is 0 Å². The number of hydrogen-bond acceptors (Lipinski definition) is 5. The summed E-state index contributed by atoms with van der Waals surface area (Å²) in [7, 11) is -2.88. The van der Waals surface area contributed by atoms with E-state index in [0.29, 0.717) is 0 Å². The van der Waals surface area contributed by atoms with Gasteiger partial charge in [0.2, 0.25) is 10.0 Å². The van der Waals surface area contributed by atoms with Gasteiger partial charge in [-0.25, -0.2) is 13.1 Å². The van der Waals surface area contributed by atoms with Crippen LogP contribution in [0.25, 0.3) is 0 Å². The molecule has 0 heterocycles. The predicted molar refractivity (Wildman–Crippen MR) is 64.7 cm³/mol. The number of benzene rings is 1. The normalized spacial score (nSPS) is 14.1. The van der Waals surface area contributed by atoms with Crippen molar-refractivity contribution in [2.24, 2.45) is 0 Å². The monoisotopic (exact) mass is 314 g/mol. The molecule has 1 unspecified atom stereocenters. The number of methoxy groups -OCH3 is 1. The summed E-state index contributed by atoms with van der Waals surface area (Å²) in [5.74, 6) is 0.235. The van der Waals surface area contributed by atoms with Crippen LogP contribution < -0.4 is 15.2 Å². The Morgan fingerprint density at radius 3 is 2.50 bits per heavy atom. The second kappa shape index (κ2) is 5.85. The van der Waals surface area contributed by atoms with Gasteiger partial charge < -0.3 is 15.6 Å². The van der Waals surface area contributed by atoms with E-state index in [4.69, 9.17) is 15.6 Å². The van der Waals surface area contributed by atoms with Crippen LogP contribution in [-0.4, -0.2) is 39.5 Å². The Bertz CT molecular complexity index is 574. The molecule has 114 valence electrons. The fraction of sp³-hybridized carbons (Fsp3) is 0.400. The number of halogens is 3. The van der Waals surface area contributed by atoms with Gasteiger partial charge in [0.1, 0.15) is 5.75 Å². The molecule has 0 amide bonds. The molecule has 4 N–H and O–H groups in total. The number of nitrogens with two attached hydrogens (primary N) is 1. The summed E-state index contributed by atoms with van der Waals surface area (Å²) in [6.07, 6.45) is -7.69. The second-order valence-electron chi connectivity index (χ2n) is 3.81. The Morgan fingerprint density at radius 1 is 1.45 bits per heavy atom. The first kappa shape index (κ1) is 16.5. The lowest BCUT2D eigenvalue weighted by molar-refractivity contribution is -0.200. The molecule has 0 radical (unpaired) electrons. The van der Waals surface area contributed by atoms with E-state index >= 15 is 0 Å². The molecular formula is C10H13F3N2O4S. The number of alkyl halides is 3. The zero-order valence-electron chi connectivity index (χ0n) is 10.3. The van der Waals surface area contributed by atoms with Gasteiger partial charge in [-0.3, -0.25) is 0 Å². The zero-order valence-corrected chi connectivity index (χ0v) is 11.1. The molecule has 0 spiro atoms. The Hall–Kier alpha value is -1.52. The van der Waals surface area contributed by atoms with Crippen molar-refractivity contribution >= 4 is 15.7 Å². The predicted octanol–water partition coefficient (Wildman–Crippen LogP) is 0.479. The minimum Gasteiger partial charge on any atom is -0.495 e. The van der Waals surface area contributed by atoms with Crippen LogP contribution in [0.4, 0.5) is 18.9 Å². The minimum absolute atomic E-state index is 0.0201. The highest BCUT2D eigenvalue weighted by Crippen LogP contribution is 2.24. The number of aliphatic hydroxyl groups excluding tert-OH is 1. The van der Waals surface area contributed by atoms with Crippen LogP contribution in [0.15, 0.2) is 23.1 Å². The van der Waals surface area contributed by atoms with Gasteiger partial charge in [0.25, 0.3) is 0 Å². The fourth-order valence-electron chi connectivity index (χ4n) is 1.27. The molecule has 10 heteroatoms. The third kappa shape index (κ3) is 3.99. The van der Waals surface area contributed by atoms with Crippen LogP contribution in [0.5, 0.6) is 5.75 Å². The average molecular weight is 314 g/mol. The molecule has 1 aromatic carbocycles. The lowest BCUT2D eigenvalue weighted by Gasteiger charge is -2.15. The fourth-order valence-corrected chi connectivity index (χ4v) is 2.34. The number of sulfonamides is 1. The molecule has 20 heavy (non-hydrogen) atoms. The first-order chi connectivity index (χ1) is 9.08. The summed E-state index contributed by atoms with van der Waals surface area (Å²) in [6.45, 7) is -1.18. The molecule has 0 bridgehead atoms. The van der Waals surface area contributed by atoms with E-state index in [-0.39, 0.29) is 16.3 Å². The van der Waals surface area contributed by atoms with Crippen molar-refractivity contribution in [3.63, 3.8) is 0 Å². The van der Waals surface area contributed by atoms with Gasteiger partial charge in [0.05, 0.1) is 17.7 Å². The van der Waals surface area contributed by atoms with Gasteiger partial charge in [-0.2, -0.15) is 13.2 Å². The molecule has 1 atom stereocenters. The Labute approximate surface area is 113 Å². The molecule has 0 fully saturated rings. The first-order valence-corrected chi connectivity index (χ1v) is 6.74. The average Bonchev–Trinajstić information content (AvgIpc) is 2.34. The van der Waals surface area contributed by atoms with Crippen LogP contribution in [0.3, 0.4) is 0 Å². The molecule has 0 saturated carbocycles. The summed E-state index contributed by atoms with van der Waals surface area (Å²) in [5.41, 5.74) is 5.53. The molecule has 1 rings (SSSR count). The minimum atomic E-state index is -4.90. The van der Waals surface area contributed by atoms with E-state index in [0.717, 1.165) is 12.1 Å². The zero-order chi connectivity index (χ0) is 15.6. The van der Waals surface area contributed by atoms with Crippen LogP contribution in [0.1, 0.15) is 0 Å². The van der Waals surface area contributed by atoms with Gasteiger partial charge in [0, 0.05) is 6.54 Å². The SMILES string of the molecule is COc1ccc(S(=O)(=O)NCC(O)C(F)(F)F)cc1N. The lowest BCUT2D eigenvalue weighted by atomic mass is 10.3. The third-order valence-corrected chi connectivity index (χ3v) is 3.78. The quantitative estimate of drug-likeness (QED) is 0.686. The molecule has 0 saturated heterocycles. The van der Waals surface area contributed by atoms with Crippen molar-refractivity contribution in [3.8, 4) is 5.75 Å². The molecule has 0 aromatic heterocycles. The maximum absolute atomic E-state index is 12.1. The molecule has 0 aliphatic heterocycles. The number of ether oxygens (including phenoxy) is 1. The summed E-state index contributed by atoms with van der Waals surface area (Å²) < 4.78 is 66.1. The van der Waals surface area contributed by atoms with E-state index in [2.05, 4.69) is 0 Å². The van der Waals surface area contributed by atoms with Gasteiger partial charge >= 0.3 is 6.18 Å². The standard InChI is InChI=1S/C10H13F3N2O4S/c1-19-8-3-2-6(4-7(8)14)20(17,18)15-5-9(16)10(11,12)13/h2-4,9,15-16H,5,14H2,1H3. The first-order valence-electron chi connectivity index (χ1n) is 5.26. The van der Waals surface area contributed by atoms with Gasteiger partial charge in [-0.1, -0.05) is 0 Å². The highest BCUT2D eigenvalue weighted by molar-refractivity contribution is 7.89. The van der Waals surface area contributed by atoms with Gasteiger partial charge in [-0.15, -0.1) is 0 Å². The van der Waals surface area contributed by atoms with Crippen LogP contribution in [-0.2, 0) is 10.0 Å². The second-order valence-corrected chi connectivity index (χ2v) is 5.58. The molecule has 6 nitrogen and oxygen atoms in total. The van der Waals surface area contributed by atoms with E-state index in [1.165, 1.54) is 13.2 Å². The van der Waals surface area contributed by atoms with E-state index in [1.54, 1.807) is 4.72 Å². The summed E-state index contributed by atoms with van der Waals surface area (Å²) in [6, 6.07) is 3.43. The summed E-state index contributed by atoms with van der Waals surface area (Å²) in [5, 5.41) is 8.74. The number of nitrogens with one attached hydrogen (secondary N) is 1. The van der Waals surface area contributed by atoms with Crippen LogP contribution in [0.2, 0.25) is 0 Å². The number of anilines is 1. The molecule has 0 aliphatic carbocycles. The van der Waals surface area contributed by atoms with Gasteiger partial charge in [-0.05, 0) is 18.2 Å². The largest absolute Gasteiger partial charge is 0.495 e. The van der Waals surface area contributed by atoms with Crippen LogP contribution >= 0.6 is 0 Å². The maximum atomic E-state index is 12.1. The molecular weight excluding hydrogens is 301 g/mol. The third-order valence-electron chi connectivity index (χ3n) is 2.36. The number of aliphatic hydroxyl groups is 1. The van der Waals surface area contributed by atoms with Crippen molar-refractivity contribution in [3.05, 3.63) is 18.2 Å². The van der Waals surface area contributed by atoms with Crippen molar-refractivity contribution in [1.29, 1.82) is 0 Å². The van der Waals surface area contributed by atoms with Crippen molar-refractivity contribution < 1.29 is 31.4 Å². The van der Waals surface area contributed by atoms with Gasteiger partial charge in [0.15, 0.2) is 6.10 Å². The van der Waals surface area contributed by atoms with Crippen molar-refractivity contribution in [2.75, 3.05) is 19.4 Å². The van der Waals surface area contributed by atoms with E-state index in [1.807, 2.05) is 0 Å². The maximum Gasteiger partial charge on any atom is 0.415 e. The topological polar surface area (TPSA) is 102 Å². The molecule has 1 aromatic rings. The Morgan fingerprint density at radius 2 is 2.05 bits per heavy atom. The summed E-state index contributed by atoms with van der Waals surface area (Å²) in [4.78, 5) is -0.329. The summed E-state index contributed by atoms with van der Waals surface area (Å²) >= 11 is 0. The highest BCUT2D eigenvalue weighted by Gasteiger charge is 2.38.